The number of aromatic nitrogens is 2. The normalized spacial score (nSPS) is 11.8. The van der Waals surface area contributed by atoms with E-state index in [9.17, 15) is 9.59 Å². The third-order valence-corrected chi connectivity index (χ3v) is 6.58. The minimum absolute atomic E-state index is 0.0659. The third-order valence-electron chi connectivity index (χ3n) is 5.68. The molecule has 0 N–H and O–H groups in total. The number of nitrogens with zero attached hydrogens (tertiary/aromatic N) is 2. The van der Waals surface area contributed by atoms with Gasteiger partial charge in [-0.3, -0.25) is 9.78 Å². The number of ketones is 1. The molecule has 0 saturated carbocycles. The molecular weight excluding hydrogens is 448 g/mol. The molecular formula is C27H22N2O4S. The first-order chi connectivity index (χ1) is 16.6. The predicted molar refractivity (Wildman–Crippen MR) is 130 cm³/mol. The molecule has 0 aliphatic carbocycles. The van der Waals surface area contributed by atoms with Gasteiger partial charge in [0.2, 0.25) is 0 Å². The van der Waals surface area contributed by atoms with E-state index in [4.69, 9.17) is 9.47 Å². The van der Waals surface area contributed by atoms with Gasteiger partial charge in [0.25, 0.3) is 0 Å². The van der Waals surface area contributed by atoms with Crippen molar-refractivity contribution in [3.8, 4) is 27.4 Å². The summed E-state index contributed by atoms with van der Waals surface area (Å²) in [5.74, 6) is 0.379. The van der Waals surface area contributed by atoms with Crippen LogP contribution in [0.15, 0.2) is 66.3 Å². The smallest absolute Gasteiger partial charge is 0.357 e. The number of Topliss-reactive ketones (excluding diaryl/α,β-unsaturated/α-hetero) is 1. The second kappa shape index (κ2) is 9.57. The number of thiazole rings is 1. The second-order valence-electron chi connectivity index (χ2n) is 7.91. The van der Waals surface area contributed by atoms with E-state index in [1.54, 1.807) is 18.5 Å². The van der Waals surface area contributed by atoms with Crippen LogP contribution in [0.25, 0.3) is 21.7 Å². The van der Waals surface area contributed by atoms with Gasteiger partial charge in [0.05, 0.1) is 6.61 Å². The van der Waals surface area contributed by atoms with Gasteiger partial charge in [-0.2, -0.15) is 0 Å². The van der Waals surface area contributed by atoms with Gasteiger partial charge >= 0.3 is 5.97 Å². The van der Waals surface area contributed by atoms with Gasteiger partial charge in [-0.05, 0) is 48.7 Å². The summed E-state index contributed by atoms with van der Waals surface area (Å²) in [7, 11) is 0. The summed E-state index contributed by atoms with van der Waals surface area (Å²) in [5, 5.41) is 2.45. The summed E-state index contributed by atoms with van der Waals surface area (Å²) in [6.07, 6.45) is 4.57. The van der Waals surface area contributed by atoms with Crippen molar-refractivity contribution in [2.45, 2.75) is 26.4 Å². The van der Waals surface area contributed by atoms with Crippen LogP contribution in [-0.2, 0) is 17.8 Å². The number of aryl methyl sites for hydroxylation is 1. The Morgan fingerprint density at radius 1 is 1.12 bits per heavy atom. The van der Waals surface area contributed by atoms with Crippen molar-refractivity contribution < 1.29 is 19.1 Å². The number of carbonyl (C=O) groups is 2. The van der Waals surface area contributed by atoms with E-state index in [1.807, 2.05) is 54.7 Å². The van der Waals surface area contributed by atoms with E-state index in [0.29, 0.717) is 37.3 Å². The van der Waals surface area contributed by atoms with Gasteiger partial charge in [-0.15, -0.1) is 11.3 Å². The van der Waals surface area contributed by atoms with Gasteiger partial charge in [0.1, 0.15) is 17.4 Å². The van der Waals surface area contributed by atoms with Crippen molar-refractivity contribution in [3.05, 3.63) is 88.7 Å². The topological polar surface area (TPSA) is 78.4 Å². The molecule has 7 heteroatoms. The average Bonchev–Trinajstić information content (AvgIpc) is 3.38. The molecule has 0 radical (unpaired) electrons. The Balaban J connectivity index is 1.27. The molecule has 0 spiro atoms. The maximum Gasteiger partial charge on any atom is 0.357 e. The molecule has 0 bridgehead atoms. The first-order valence-corrected chi connectivity index (χ1v) is 12.0. The Morgan fingerprint density at radius 3 is 2.91 bits per heavy atom. The Morgan fingerprint density at radius 2 is 2.03 bits per heavy atom. The zero-order valence-corrected chi connectivity index (χ0v) is 19.4. The maximum absolute atomic E-state index is 12.9. The predicted octanol–water partition coefficient (Wildman–Crippen LogP) is 5.76. The third kappa shape index (κ3) is 4.47. The van der Waals surface area contributed by atoms with Crippen LogP contribution in [0.3, 0.4) is 0 Å². The lowest BCUT2D eigenvalue weighted by Gasteiger charge is -2.20. The van der Waals surface area contributed by atoms with Crippen LogP contribution < -0.4 is 4.74 Å². The fourth-order valence-electron chi connectivity index (χ4n) is 3.97. The molecule has 0 fully saturated rings. The molecule has 3 heterocycles. The SMILES string of the molecule is CCOC(=O)c1csc(-c2cccc(CCC(=O)c3ccc4c(c3)OCc3cnccc3-4)c2)n1. The van der Waals surface area contributed by atoms with Crippen LogP contribution in [0.1, 0.15) is 45.3 Å². The van der Waals surface area contributed by atoms with E-state index in [1.165, 1.54) is 11.3 Å². The fourth-order valence-corrected chi connectivity index (χ4v) is 4.75. The lowest BCUT2D eigenvalue weighted by molar-refractivity contribution is 0.0520. The van der Waals surface area contributed by atoms with Crippen LogP contribution in [0.5, 0.6) is 5.75 Å². The van der Waals surface area contributed by atoms with Gasteiger partial charge in [-0.1, -0.05) is 24.3 Å². The number of benzene rings is 2. The fraction of sp³-hybridized carbons (Fsp3) is 0.185. The summed E-state index contributed by atoms with van der Waals surface area (Å²) >= 11 is 1.40. The van der Waals surface area contributed by atoms with Gasteiger partial charge in [0, 0.05) is 46.4 Å². The highest BCUT2D eigenvalue weighted by Crippen LogP contribution is 2.37. The molecule has 1 aliphatic rings. The van der Waals surface area contributed by atoms with Gasteiger partial charge < -0.3 is 9.47 Å². The summed E-state index contributed by atoms with van der Waals surface area (Å²) in [6, 6.07) is 15.5. The first-order valence-electron chi connectivity index (χ1n) is 11.1. The number of rotatable bonds is 7. The lowest BCUT2D eigenvalue weighted by Crippen LogP contribution is -2.08. The summed E-state index contributed by atoms with van der Waals surface area (Å²) in [5.41, 5.74) is 6.04. The van der Waals surface area contributed by atoms with Crippen LogP contribution in [-0.4, -0.2) is 28.3 Å². The van der Waals surface area contributed by atoms with Crippen molar-refractivity contribution in [2.24, 2.45) is 0 Å². The Bertz CT molecular complexity index is 1380. The Hall–Kier alpha value is -3.84. The van der Waals surface area contributed by atoms with Crippen LogP contribution in [0, 0.1) is 0 Å². The summed E-state index contributed by atoms with van der Waals surface area (Å²) in [4.78, 5) is 33.4. The summed E-state index contributed by atoms with van der Waals surface area (Å²) in [6.45, 7) is 2.54. The number of fused-ring (bicyclic) bond motifs is 3. The zero-order chi connectivity index (χ0) is 23.5. The molecule has 0 amide bonds. The number of hydrogen-bond acceptors (Lipinski definition) is 7. The second-order valence-corrected chi connectivity index (χ2v) is 8.77. The molecule has 0 saturated heterocycles. The van der Waals surface area contributed by atoms with Crippen molar-refractivity contribution in [3.63, 3.8) is 0 Å². The number of ether oxygens (including phenoxy) is 2. The van der Waals surface area contributed by atoms with Gasteiger partial charge in [0.15, 0.2) is 11.5 Å². The molecule has 5 rings (SSSR count). The number of esters is 1. The number of hydrogen-bond donors (Lipinski definition) is 0. The largest absolute Gasteiger partial charge is 0.488 e. The molecule has 2 aromatic heterocycles. The summed E-state index contributed by atoms with van der Waals surface area (Å²) < 4.78 is 10.9. The number of pyridine rings is 1. The van der Waals surface area contributed by atoms with Gasteiger partial charge in [-0.25, -0.2) is 9.78 Å². The highest BCUT2D eigenvalue weighted by atomic mass is 32.1. The average molecular weight is 471 g/mol. The lowest BCUT2D eigenvalue weighted by atomic mass is 9.95. The highest BCUT2D eigenvalue weighted by Gasteiger charge is 2.19. The van der Waals surface area contributed by atoms with Crippen molar-refractivity contribution in [1.29, 1.82) is 0 Å². The van der Waals surface area contributed by atoms with Crippen molar-refractivity contribution >= 4 is 23.1 Å². The minimum atomic E-state index is -0.416. The van der Waals surface area contributed by atoms with Crippen LogP contribution in [0.2, 0.25) is 0 Å². The van der Waals surface area contributed by atoms with Crippen LogP contribution in [0.4, 0.5) is 0 Å². The first kappa shape index (κ1) is 22.0. The molecule has 0 atom stereocenters. The molecule has 34 heavy (non-hydrogen) atoms. The Kier molecular flexibility index (Phi) is 6.18. The van der Waals surface area contributed by atoms with Crippen molar-refractivity contribution in [2.75, 3.05) is 6.61 Å². The standard InChI is InChI=1S/C27H22N2O4S/c1-2-32-27(31)23-16-34-26(29-23)19-5-3-4-17(12-19)6-9-24(30)18-7-8-22-21-10-11-28-14-20(21)15-33-25(22)13-18/h3-5,7-8,10-14,16H,2,6,9,15H2,1H3. The van der Waals surface area contributed by atoms with E-state index >= 15 is 0 Å². The van der Waals surface area contributed by atoms with E-state index in [2.05, 4.69) is 9.97 Å². The van der Waals surface area contributed by atoms with E-state index in [-0.39, 0.29) is 5.78 Å². The minimum Gasteiger partial charge on any atom is -0.488 e. The van der Waals surface area contributed by atoms with E-state index < -0.39 is 5.97 Å². The van der Waals surface area contributed by atoms with E-state index in [0.717, 1.165) is 38.6 Å². The molecule has 2 aromatic carbocycles. The quantitative estimate of drug-likeness (QED) is 0.253. The van der Waals surface area contributed by atoms with Crippen LogP contribution >= 0.6 is 11.3 Å². The van der Waals surface area contributed by atoms with Crippen molar-refractivity contribution in [1.82, 2.24) is 9.97 Å². The Labute approximate surface area is 201 Å². The maximum atomic E-state index is 12.9. The molecule has 170 valence electrons. The molecule has 4 aromatic rings. The highest BCUT2D eigenvalue weighted by molar-refractivity contribution is 7.13. The number of carbonyl (C=O) groups excluding carboxylic acids is 2. The molecule has 6 nitrogen and oxygen atoms in total. The monoisotopic (exact) mass is 470 g/mol. The zero-order valence-electron chi connectivity index (χ0n) is 18.6. The molecule has 0 unspecified atom stereocenters. The molecule has 1 aliphatic heterocycles.